The van der Waals surface area contributed by atoms with E-state index in [9.17, 15) is 14.4 Å². The van der Waals surface area contributed by atoms with E-state index in [2.05, 4.69) is 19.2 Å². The Labute approximate surface area is 171 Å². The molecule has 1 aliphatic heterocycles. The van der Waals surface area contributed by atoms with Crippen molar-refractivity contribution in [2.24, 2.45) is 17.8 Å². The topological polar surface area (TPSA) is 99.5 Å². The number of hydrogen-bond donors (Lipinski definition) is 1. The summed E-state index contributed by atoms with van der Waals surface area (Å²) in [6, 6.07) is 8.66. The molecule has 2 aliphatic rings. The largest absolute Gasteiger partial charge is 0.455 e. The second kappa shape index (κ2) is 9.08. The standard InChI is InChI=1S/C22H27N3O4/c1-14-5-3-8-19(15(14)2)25-12-17(10-21(25)27)22(28)29-13-20(26)24-18-7-4-6-16(9-18)11-23/h4,6-7,9,14-15,17,19H,3,5,8,10,12-13H2,1-2H3,(H,24,26)/t14-,15+,17+,19+/m0/s1. The van der Waals surface area contributed by atoms with Gasteiger partial charge in [0.05, 0.1) is 17.6 Å². The molecule has 29 heavy (non-hydrogen) atoms. The predicted molar refractivity (Wildman–Crippen MR) is 107 cm³/mol. The quantitative estimate of drug-likeness (QED) is 0.770. The second-order valence-corrected chi connectivity index (χ2v) is 8.13. The van der Waals surface area contributed by atoms with Gasteiger partial charge in [0.25, 0.3) is 5.91 Å². The number of nitriles is 1. The van der Waals surface area contributed by atoms with E-state index in [1.165, 1.54) is 6.42 Å². The average Bonchev–Trinajstić information content (AvgIpc) is 3.10. The fraction of sp³-hybridized carbons (Fsp3) is 0.545. The van der Waals surface area contributed by atoms with Gasteiger partial charge in [-0.1, -0.05) is 32.8 Å². The number of likely N-dealkylation sites (tertiary alicyclic amines) is 1. The zero-order valence-corrected chi connectivity index (χ0v) is 16.9. The average molecular weight is 397 g/mol. The van der Waals surface area contributed by atoms with Crippen LogP contribution in [0.25, 0.3) is 0 Å². The third kappa shape index (κ3) is 4.94. The number of benzene rings is 1. The fourth-order valence-corrected chi connectivity index (χ4v) is 4.32. The van der Waals surface area contributed by atoms with Gasteiger partial charge in [-0.25, -0.2) is 0 Å². The van der Waals surface area contributed by atoms with E-state index >= 15 is 0 Å². The molecule has 1 aromatic carbocycles. The maximum absolute atomic E-state index is 12.5. The normalized spacial score (nSPS) is 26.7. The molecular weight excluding hydrogens is 370 g/mol. The molecule has 2 fully saturated rings. The summed E-state index contributed by atoms with van der Waals surface area (Å²) in [5.41, 5.74) is 0.892. The number of nitrogens with one attached hydrogen (secondary N) is 1. The predicted octanol–water partition coefficient (Wildman–Crippen LogP) is 2.71. The molecule has 7 heteroatoms. The second-order valence-electron chi connectivity index (χ2n) is 8.13. The monoisotopic (exact) mass is 397 g/mol. The Bertz CT molecular complexity index is 832. The Balaban J connectivity index is 1.50. The van der Waals surface area contributed by atoms with Crippen molar-refractivity contribution in [1.82, 2.24) is 4.90 Å². The lowest BCUT2D eigenvalue weighted by atomic mass is 9.77. The molecular formula is C22H27N3O4. The van der Waals surface area contributed by atoms with Crippen molar-refractivity contribution in [1.29, 1.82) is 5.26 Å². The summed E-state index contributed by atoms with van der Waals surface area (Å²) in [6.07, 6.45) is 3.39. The highest BCUT2D eigenvalue weighted by Gasteiger charge is 2.42. The summed E-state index contributed by atoms with van der Waals surface area (Å²) in [4.78, 5) is 38.8. The van der Waals surface area contributed by atoms with E-state index < -0.39 is 24.4 Å². The van der Waals surface area contributed by atoms with Crippen LogP contribution >= 0.6 is 0 Å². The Kier molecular flexibility index (Phi) is 6.53. The molecule has 2 amide bonds. The van der Waals surface area contributed by atoms with Crippen LogP contribution in [0.4, 0.5) is 5.69 Å². The van der Waals surface area contributed by atoms with Gasteiger partial charge in [0.2, 0.25) is 5.91 Å². The number of amides is 2. The highest BCUT2D eigenvalue weighted by molar-refractivity contribution is 5.93. The van der Waals surface area contributed by atoms with Gasteiger partial charge < -0.3 is 15.0 Å². The zero-order valence-electron chi connectivity index (χ0n) is 16.9. The Hall–Kier alpha value is -2.88. The maximum Gasteiger partial charge on any atom is 0.311 e. The molecule has 3 rings (SSSR count). The minimum absolute atomic E-state index is 0.00401. The van der Waals surface area contributed by atoms with Crippen LogP contribution in [-0.4, -0.2) is 41.9 Å². The minimum Gasteiger partial charge on any atom is -0.455 e. The molecule has 0 spiro atoms. The van der Waals surface area contributed by atoms with Crippen LogP contribution in [0.2, 0.25) is 0 Å². The smallest absolute Gasteiger partial charge is 0.311 e. The number of rotatable bonds is 5. The van der Waals surface area contributed by atoms with E-state index in [0.717, 1.165) is 12.8 Å². The first-order valence-corrected chi connectivity index (χ1v) is 10.1. The Morgan fingerprint density at radius 1 is 1.31 bits per heavy atom. The molecule has 1 heterocycles. The number of carbonyl (C=O) groups is 3. The van der Waals surface area contributed by atoms with Gasteiger partial charge in [-0.2, -0.15) is 5.26 Å². The number of esters is 1. The van der Waals surface area contributed by atoms with Crippen LogP contribution < -0.4 is 5.32 Å². The van der Waals surface area contributed by atoms with Crippen LogP contribution in [0.3, 0.4) is 0 Å². The van der Waals surface area contributed by atoms with Crippen LogP contribution in [0.5, 0.6) is 0 Å². The molecule has 1 N–H and O–H groups in total. The number of nitrogens with zero attached hydrogens (tertiary/aromatic N) is 2. The van der Waals surface area contributed by atoms with Crippen LogP contribution in [0.15, 0.2) is 24.3 Å². The molecule has 1 aliphatic carbocycles. The van der Waals surface area contributed by atoms with Crippen molar-refractivity contribution >= 4 is 23.5 Å². The van der Waals surface area contributed by atoms with E-state index in [0.29, 0.717) is 29.6 Å². The summed E-state index contributed by atoms with van der Waals surface area (Å²) < 4.78 is 5.15. The van der Waals surface area contributed by atoms with Crippen molar-refractivity contribution in [2.45, 2.75) is 45.6 Å². The number of hydrogen-bond acceptors (Lipinski definition) is 5. The van der Waals surface area contributed by atoms with Crippen molar-refractivity contribution < 1.29 is 19.1 Å². The number of carbonyl (C=O) groups excluding carboxylic acids is 3. The van der Waals surface area contributed by atoms with Gasteiger partial charge in [0.1, 0.15) is 0 Å². The third-order valence-electron chi connectivity index (χ3n) is 6.18. The highest BCUT2D eigenvalue weighted by atomic mass is 16.5. The van der Waals surface area contributed by atoms with Gasteiger partial charge in [-0.15, -0.1) is 0 Å². The van der Waals surface area contributed by atoms with Gasteiger partial charge in [0, 0.05) is 24.7 Å². The van der Waals surface area contributed by atoms with Crippen LogP contribution in [0, 0.1) is 29.1 Å². The molecule has 7 nitrogen and oxygen atoms in total. The van der Waals surface area contributed by atoms with Crippen molar-refractivity contribution in [3.8, 4) is 6.07 Å². The molecule has 0 bridgehead atoms. The summed E-state index contributed by atoms with van der Waals surface area (Å²) in [6.45, 7) is 4.34. The van der Waals surface area contributed by atoms with Gasteiger partial charge >= 0.3 is 5.97 Å². The van der Waals surface area contributed by atoms with Crippen LogP contribution in [0.1, 0.15) is 45.1 Å². The maximum atomic E-state index is 12.5. The lowest BCUT2D eigenvalue weighted by Gasteiger charge is -2.39. The highest BCUT2D eigenvalue weighted by Crippen LogP contribution is 2.35. The van der Waals surface area contributed by atoms with Crippen molar-refractivity contribution in [3.63, 3.8) is 0 Å². The SMILES string of the molecule is C[C@H]1[C@H](N2C[C@H](C(=O)OCC(=O)Nc3cccc(C#N)c3)CC2=O)CCC[C@@H]1C. The van der Waals surface area contributed by atoms with E-state index in [1.54, 1.807) is 24.3 Å². The summed E-state index contributed by atoms with van der Waals surface area (Å²) in [5.74, 6) is -0.548. The minimum atomic E-state index is -0.526. The lowest BCUT2D eigenvalue weighted by Crippen LogP contribution is -2.45. The first-order chi connectivity index (χ1) is 13.9. The summed E-state index contributed by atoms with van der Waals surface area (Å²) in [7, 11) is 0. The molecule has 0 aromatic heterocycles. The molecule has 1 saturated heterocycles. The fourth-order valence-electron chi connectivity index (χ4n) is 4.32. The molecule has 154 valence electrons. The zero-order chi connectivity index (χ0) is 21.0. The van der Waals surface area contributed by atoms with Gasteiger partial charge in [-0.05, 0) is 36.5 Å². The molecule has 1 aromatic rings. The molecule has 0 unspecified atom stereocenters. The van der Waals surface area contributed by atoms with Gasteiger partial charge in [0.15, 0.2) is 6.61 Å². The Morgan fingerprint density at radius 3 is 2.86 bits per heavy atom. The molecule has 1 saturated carbocycles. The van der Waals surface area contributed by atoms with Crippen molar-refractivity contribution in [3.05, 3.63) is 29.8 Å². The molecule has 0 radical (unpaired) electrons. The number of anilines is 1. The first-order valence-electron chi connectivity index (χ1n) is 10.1. The first kappa shape index (κ1) is 20.8. The van der Waals surface area contributed by atoms with E-state index in [1.807, 2.05) is 11.0 Å². The summed E-state index contributed by atoms with van der Waals surface area (Å²) >= 11 is 0. The molecule has 4 atom stereocenters. The lowest BCUT2D eigenvalue weighted by molar-refractivity contribution is -0.151. The van der Waals surface area contributed by atoms with Gasteiger partial charge in [-0.3, -0.25) is 14.4 Å². The third-order valence-corrected chi connectivity index (χ3v) is 6.18. The summed E-state index contributed by atoms with van der Waals surface area (Å²) in [5, 5.41) is 11.5. The van der Waals surface area contributed by atoms with Crippen LogP contribution in [-0.2, 0) is 19.1 Å². The Morgan fingerprint density at radius 2 is 2.10 bits per heavy atom. The van der Waals surface area contributed by atoms with Crippen molar-refractivity contribution in [2.75, 3.05) is 18.5 Å². The van der Waals surface area contributed by atoms with E-state index in [-0.39, 0.29) is 18.4 Å². The van der Waals surface area contributed by atoms with E-state index in [4.69, 9.17) is 10.00 Å². The number of ether oxygens (including phenoxy) is 1.